The fourth-order valence-corrected chi connectivity index (χ4v) is 2.15. The third kappa shape index (κ3) is 3.55. The molecule has 5 heteroatoms. The highest BCUT2D eigenvalue weighted by molar-refractivity contribution is 6.19. The monoisotopic (exact) mass is 301 g/mol. The average Bonchev–Trinajstić information content (AvgIpc) is 2.44. The van der Waals surface area contributed by atoms with Gasteiger partial charge in [-0.05, 0) is 30.7 Å². The molecule has 116 valence electrons. The molecule has 1 saturated heterocycles. The number of carbonyl (C=O) groups is 2. The average molecular weight is 301 g/mol. The number of allylic oxidation sites excluding steroid dienone is 1. The molecule has 5 nitrogen and oxygen atoms in total. The Morgan fingerprint density at radius 3 is 2.45 bits per heavy atom. The first-order valence-corrected chi connectivity index (χ1v) is 7.01. The maximum atomic E-state index is 11.8. The number of anilines is 1. The van der Waals surface area contributed by atoms with Gasteiger partial charge in [0.05, 0.1) is 0 Å². The number of esters is 1. The van der Waals surface area contributed by atoms with E-state index in [1.165, 1.54) is 6.08 Å². The lowest BCUT2D eigenvalue weighted by molar-refractivity contribution is -0.150. The summed E-state index contributed by atoms with van der Waals surface area (Å²) in [5.41, 5.74) is 1.63. The Hall–Kier alpha value is -2.56. The summed E-state index contributed by atoms with van der Waals surface area (Å²) in [5, 5.41) is 9.97. The van der Waals surface area contributed by atoms with E-state index in [2.05, 4.69) is 0 Å². The topological polar surface area (TPSA) is 66.8 Å². The van der Waals surface area contributed by atoms with E-state index >= 15 is 0 Å². The number of Topliss-reactive ketones (excluding diaryl/α,β-unsaturated/α-hetero) is 1. The van der Waals surface area contributed by atoms with Crippen molar-refractivity contribution in [1.29, 1.82) is 0 Å². The van der Waals surface area contributed by atoms with Gasteiger partial charge in [-0.25, -0.2) is 4.79 Å². The number of aliphatic hydroxyl groups excluding tert-OH is 1. The first kappa shape index (κ1) is 15.8. The molecule has 1 aromatic carbocycles. The van der Waals surface area contributed by atoms with E-state index in [1.807, 2.05) is 43.3 Å². The van der Waals surface area contributed by atoms with Gasteiger partial charge in [0.15, 0.2) is 5.78 Å². The summed E-state index contributed by atoms with van der Waals surface area (Å²) in [6.07, 6.45) is 2.63. The third-order valence-corrected chi connectivity index (χ3v) is 3.36. The van der Waals surface area contributed by atoms with Gasteiger partial charge < -0.3 is 14.7 Å². The molecule has 0 spiro atoms. The molecule has 1 aliphatic rings. The second-order valence-corrected chi connectivity index (χ2v) is 5.42. The Labute approximate surface area is 129 Å². The summed E-state index contributed by atoms with van der Waals surface area (Å²) in [7, 11) is 3.89. The molecule has 0 aromatic heterocycles. The lowest BCUT2D eigenvalue weighted by Crippen LogP contribution is -2.31. The van der Waals surface area contributed by atoms with E-state index in [9.17, 15) is 14.7 Å². The molecular formula is C17H19NO4. The van der Waals surface area contributed by atoms with Gasteiger partial charge in [-0.3, -0.25) is 4.79 Å². The Kier molecular flexibility index (Phi) is 4.65. The number of cyclic esters (lactones) is 1. The van der Waals surface area contributed by atoms with Crippen molar-refractivity contribution in [1.82, 2.24) is 0 Å². The van der Waals surface area contributed by atoms with E-state index in [0.717, 1.165) is 11.3 Å². The van der Waals surface area contributed by atoms with Crippen LogP contribution in [0.4, 0.5) is 5.69 Å². The van der Waals surface area contributed by atoms with Crippen molar-refractivity contribution >= 4 is 23.5 Å². The predicted octanol–water partition coefficient (Wildman–Crippen LogP) is 2.48. The molecule has 1 unspecified atom stereocenters. The Morgan fingerprint density at radius 2 is 1.91 bits per heavy atom. The van der Waals surface area contributed by atoms with Crippen LogP contribution in [-0.2, 0) is 14.3 Å². The van der Waals surface area contributed by atoms with Gasteiger partial charge in [0.25, 0.3) is 0 Å². The van der Waals surface area contributed by atoms with Crippen LogP contribution in [0.15, 0.2) is 41.7 Å². The van der Waals surface area contributed by atoms with E-state index in [0.29, 0.717) is 0 Å². The molecule has 1 atom stereocenters. The largest absolute Gasteiger partial charge is 0.507 e. The Bertz CT molecular complexity index is 621. The van der Waals surface area contributed by atoms with Crippen LogP contribution < -0.4 is 4.90 Å². The van der Waals surface area contributed by atoms with Gasteiger partial charge in [-0.1, -0.05) is 18.2 Å². The first-order chi connectivity index (χ1) is 10.4. The first-order valence-electron chi connectivity index (χ1n) is 7.01. The van der Waals surface area contributed by atoms with Crippen molar-refractivity contribution in [3.05, 3.63) is 47.2 Å². The molecule has 22 heavy (non-hydrogen) atoms. The van der Waals surface area contributed by atoms with Crippen molar-refractivity contribution in [3.63, 3.8) is 0 Å². The lowest BCUT2D eigenvalue weighted by Gasteiger charge is -2.19. The summed E-state index contributed by atoms with van der Waals surface area (Å²) in [5.74, 6) is -1.53. The SMILES string of the molecule is CC1CC(=O)C(=C(O)C=Cc2ccc(N(C)C)cc2)C(=O)O1. The van der Waals surface area contributed by atoms with Gasteiger partial charge in [0, 0.05) is 26.2 Å². The number of hydrogen-bond donors (Lipinski definition) is 1. The Morgan fingerprint density at radius 1 is 1.27 bits per heavy atom. The van der Waals surface area contributed by atoms with E-state index in [-0.39, 0.29) is 17.8 Å². The highest BCUT2D eigenvalue weighted by Crippen LogP contribution is 2.20. The zero-order valence-corrected chi connectivity index (χ0v) is 12.9. The maximum absolute atomic E-state index is 11.8. The molecular weight excluding hydrogens is 282 g/mol. The van der Waals surface area contributed by atoms with Crippen LogP contribution in [0.1, 0.15) is 18.9 Å². The van der Waals surface area contributed by atoms with Gasteiger partial charge in [0.2, 0.25) is 0 Å². The Balaban J connectivity index is 2.19. The molecule has 2 rings (SSSR count). The van der Waals surface area contributed by atoms with Crippen LogP contribution in [0.25, 0.3) is 6.08 Å². The van der Waals surface area contributed by atoms with E-state index < -0.39 is 17.9 Å². The normalized spacial score (nSPS) is 21.0. The molecule has 1 fully saturated rings. The molecule has 1 heterocycles. The highest BCUT2D eigenvalue weighted by atomic mass is 16.5. The minimum absolute atomic E-state index is 0.0938. The number of nitrogens with zero attached hydrogens (tertiary/aromatic N) is 1. The number of ketones is 1. The van der Waals surface area contributed by atoms with Crippen LogP contribution in [0, 0.1) is 0 Å². The predicted molar refractivity (Wildman–Crippen MR) is 84.6 cm³/mol. The van der Waals surface area contributed by atoms with Gasteiger partial charge in [-0.15, -0.1) is 0 Å². The van der Waals surface area contributed by atoms with Crippen molar-refractivity contribution < 1.29 is 19.4 Å². The number of hydrogen-bond acceptors (Lipinski definition) is 5. The third-order valence-electron chi connectivity index (χ3n) is 3.36. The minimum Gasteiger partial charge on any atom is -0.507 e. The summed E-state index contributed by atoms with van der Waals surface area (Å²) < 4.78 is 4.97. The fourth-order valence-electron chi connectivity index (χ4n) is 2.15. The standard InChI is InChI=1S/C17H19NO4/c1-11-10-15(20)16(17(21)22-11)14(19)9-6-12-4-7-13(8-5-12)18(2)3/h4-9,11,19H,10H2,1-3H3. The van der Waals surface area contributed by atoms with Crippen molar-refractivity contribution in [2.45, 2.75) is 19.4 Å². The molecule has 0 aliphatic carbocycles. The molecule has 0 radical (unpaired) electrons. The number of benzene rings is 1. The molecule has 1 N–H and O–H groups in total. The lowest BCUT2D eigenvalue weighted by atomic mass is 10.0. The van der Waals surface area contributed by atoms with Gasteiger partial charge >= 0.3 is 5.97 Å². The summed E-state index contributed by atoms with van der Waals surface area (Å²) in [6, 6.07) is 7.64. The van der Waals surface area contributed by atoms with Gasteiger partial charge in [0.1, 0.15) is 17.4 Å². The van der Waals surface area contributed by atoms with Crippen LogP contribution in [-0.4, -0.2) is 37.1 Å². The second-order valence-electron chi connectivity index (χ2n) is 5.42. The van der Waals surface area contributed by atoms with Crippen LogP contribution in [0.2, 0.25) is 0 Å². The van der Waals surface area contributed by atoms with E-state index in [4.69, 9.17) is 4.74 Å². The molecule has 0 saturated carbocycles. The molecule has 1 aromatic rings. The van der Waals surface area contributed by atoms with Crippen LogP contribution >= 0.6 is 0 Å². The second kappa shape index (κ2) is 6.47. The molecule has 0 bridgehead atoms. The summed E-state index contributed by atoms with van der Waals surface area (Å²) >= 11 is 0. The minimum atomic E-state index is -0.770. The number of ether oxygens (including phenoxy) is 1. The number of rotatable bonds is 3. The maximum Gasteiger partial charge on any atom is 0.345 e. The molecule has 1 aliphatic heterocycles. The van der Waals surface area contributed by atoms with Crippen molar-refractivity contribution in [2.24, 2.45) is 0 Å². The number of carbonyl (C=O) groups excluding carboxylic acids is 2. The number of aliphatic hydroxyl groups is 1. The van der Waals surface area contributed by atoms with Crippen LogP contribution in [0.3, 0.4) is 0 Å². The highest BCUT2D eigenvalue weighted by Gasteiger charge is 2.32. The smallest absolute Gasteiger partial charge is 0.345 e. The van der Waals surface area contributed by atoms with Gasteiger partial charge in [-0.2, -0.15) is 0 Å². The zero-order chi connectivity index (χ0) is 16.3. The summed E-state index contributed by atoms with van der Waals surface area (Å²) in [4.78, 5) is 25.5. The quantitative estimate of drug-likeness (QED) is 0.402. The van der Waals surface area contributed by atoms with Crippen LogP contribution in [0.5, 0.6) is 0 Å². The molecule has 0 amide bonds. The fraction of sp³-hybridized carbons (Fsp3) is 0.294. The zero-order valence-electron chi connectivity index (χ0n) is 12.9. The summed E-state index contributed by atoms with van der Waals surface area (Å²) in [6.45, 7) is 1.64. The van der Waals surface area contributed by atoms with E-state index in [1.54, 1.807) is 13.0 Å². The van der Waals surface area contributed by atoms with Crippen molar-refractivity contribution in [3.8, 4) is 0 Å². The van der Waals surface area contributed by atoms with Crippen molar-refractivity contribution in [2.75, 3.05) is 19.0 Å².